The number of nitrogens with two attached hydrogens (primary N) is 1. The Morgan fingerprint density at radius 1 is 1.34 bits per heavy atom. The lowest BCUT2D eigenvalue weighted by molar-refractivity contribution is -0.913. The van der Waals surface area contributed by atoms with E-state index in [0.29, 0.717) is 23.5 Å². The molecule has 0 aromatic heterocycles. The van der Waals surface area contributed by atoms with Crippen LogP contribution in [0.15, 0.2) is 23.3 Å². The van der Waals surface area contributed by atoms with Crippen molar-refractivity contribution in [1.82, 2.24) is 15.5 Å². The Morgan fingerprint density at radius 2 is 2.12 bits per heavy atom. The molecule has 6 heteroatoms. The van der Waals surface area contributed by atoms with E-state index in [-0.39, 0.29) is 18.2 Å². The van der Waals surface area contributed by atoms with Crippen LogP contribution in [0.4, 0.5) is 0 Å². The molecular formula is C26H48N5O+. The summed E-state index contributed by atoms with van der Waals surface area (Å²) >= 11 is 0. The van der Waals surface area contributed by atoms with E-state index in [0.717, 1.165) is 32.2 Å². The highest BCUT2D eigenvalue weighted by atomic mass is 16.3. The number of likely N-dealkylation sites (N-methyl/N-ethyl adjacent to an activating group) is 1. The van der Waals surface area contributed by atoms with Crippen LogP contribution in [-0.2, 0) is 0 Å². The second kappa shape index (κ2) is 9.47. The van der Waals surface area contributed by atoms with Crippen LogP contribution < -0.4 is 21.3 Å². The summed E-state index contributed by atoms with van der Waals surface area (Å²) < 4.78 is 0. The van der Waals surface area contributed by atoms with Crippen LogP contribution in [0.2, 0.25) is 0 Å². The molecule has 4 aliphatic rings. The fourth-order valence-corrected chi connectivity index (χ4v) is 7.68. The molecule has 0 amide bonds. The van der Waals surface area contributed by atoms with Crippen molar-refractivity contribution in [2.24, 2.45) is 28.4 Å². The van der Waals surface area contributed by atoms with Gasteiger partial charge in [0.05, 0.1) is 13.2 Å². The Labute approximate surface area is 195 Å². The fourth-order valence-electron chi connectivity index (χ4n) is 7.68. The Kier molecular flexibility index (Phi) is 7.21. The van der Waals surface area contributed by atoms with Crippen molar-refractivity contribution >= 4 is 0 Å². The summed E-state index contributed by atoms with van der Waals surface area (Å²) in [6.45, 7) is 12.9. The molecule has 0 radical (unpaired) electrons. The van der Waals surface area contributed by atoms with Crippen molar-refractivity contribution in [2.75, 3.05) is 33.5 Å². The first kappa shape index (κ1) is 24.4. The number of nitrogens with zero attached hydrogens (tertiary/aromatic N) is 1. The Morgan fingerprint density at radius 3 is 2.88 bits per heavy atom. The van der Waals surface area contributed by atoms with E-state index in [1.165, 1.54) is 43.3 Å². The van der Waals surface area contributed by atoms with E-state index in [4.69, 9.17) is 5.73 Å². The van der Waals surface area contributed by atoms with E-state index >= 15 is 0 Å². The zero-order valence-electron chi connectivity index (χ0n) is 21.1. The molecule has 1 saturated carbocycles. The summed E-state index contributed by atoms with van der Waals surface area (Å²) in [5, 5.41) is 17.0. The predicted octanol–water partition coefficient (Wildman–Crippen LogP) is 1.40. The molecule has 4 rings (SSSR count). The lowest BCUT2D eigenvalue weighted by Crippen LogP contribution is -3.17. The molecule has 6 N–H and O–H groups in total. The first-order chi connectivity index (χ1) is 15.2. The molecule has 0 aromatic rings. The van der Waals surface area contributed by atoms with Crippen molar-refractivity contribution in [3.63, 3.8) is 0 Å². The Bertz CT molecular complexity index is 738. The van der Waals surface area contributed by atoms with Crippen LogP contribution in [0.25, 0.3) is 0 Å². The summed E-state index contributed by atoms with van der Waals surface area (Å²) in [5.74, 6) is 1.41. The third-order valence-corrected chi connectivity index (χ3v) is 10.1. The first-order valence-corrected chi connectivity index (χ1v) is 12.9. The molecule has 32 heavy (non-hydrogen) atoms. The van der Waals surface area contributed by atoms with Gasteiger partial charge in [-0.15, -0.1) is 0 Å². The third kappa shape index (κ3) is 4.23. The number of fused-ring (bicyclic) bond motifs is 2. The van der Waals surface area contributed by atoms with E-state index in [2.05, 4.69) is 62.4 Å². The van der Waals surface area contributed by atoms with Crippen LogP contribution in [-0.4, -0.2) is 61.9 Å². The van der Waals surface area contributed by atoms with Crippen LogP contribution in [0.3, 0.4) is 0 Å². The maximum Gasteiger partial charge on any atom is 0.147 e. The van der Waals surface area contributed by atoms with E-state index in [1.807, 2.05) is 0 Å². The quantitative estimate of drug-likeness (QED) is 0.399. The van der Waals surface area contributed by atoms with Gasteiger partial charge in [-0.05, 0) is 86.8 Å². The predicted molar refractivity (Wildman–Crippen MR) is 131 cm³/mol. The maximum atomic E-state index is 10.0. The average molecular weight is 447 g/mol. The molecule has 0 aromatic carbocycles. The molecule has 2 heterocycles. The van der Waals surface area contributed by atoms with E-state index in [9.17, 15) is 5.11 Å². The van der Waals surface area contributed by atoms with Crippen molar-refractivity contribution in [1.29, 1.82) is 0 Å². The number of allylic oxidation sites excluding steroid dienone is 2. The van der Waals surface area contributed by atoms with Gasteiger partial charge in [0.1, 0.15) is 25.0 Å². The number of nitrogens with one attached hydrogen (secondary N) is 3. The number of quaternary nitrogens is 1. The lowest BCUT2D eigenvalue weighted by Gasteiger charge is -2.58. The van der Waals surface area contributed by atoms with Crippen LogP contribution in [0.1, 0.15) is 66.2 Å². The van der Waals surface area contributed by atoms with Crippen LogP contribution in [0.5, 0.6) is 0 Å². The standard InChI is InChI=1S/C26H47N5O/c1-18(11-14-31-17-30(5)24-22(31)23(27)28-16-29-24)9-12-25(3)19(2)10-13-26(4)20(15-32)7-6-8-21(25)26/h7,11,19,21-24,28-29,32H,6,8-10,12-17,27H2,1-5H3/p+1. The minimum atomic E-state index is 0.0506. The fraction of sp³-hybridized carbons (Fsp3) is 0.846. The minimum absolute atomic E-state index is 0.0506. The summed E-state index contributed by atoms with van der Waals surface area (Å²) in [6.07, 6.45) is 12.6. The highest BCUT2D eigenvalue weighted by Gasteiger charge is 2.53. The number of aliphatic hydroxyl groups excluding tert-OH is 1. The average Bonchev–Trinajstić information content (AvgIpc) is 3.10. The van der Waals surface area contributed by atoms with Gasteiger partial charge >= 0.3 is 0 Å². The molecule has 2 saturated heterocycles. The van der Waals surface area contributed by atoms with Gasteiger partial charge in [-0.3, -0.25) is 10.6 Å². The third-order valence-electron chi connectivity index (χ3n) is 10.1. The largest absolute Gasteiger partial charge is 0.392 e. The van der Waals surface area contributed by atoms with Crippen molar-refractivity contribution < 1.29 is 10.0 Å². The summed E-state index contributed by atoms with van der Waals surface area (Å²) in [6, 6.07) is 0.389. The zero-order chi connectivity index (χ0) is 23.1. The van der Waals surface area contributed by atoms with Gasteiger partial charge < -0.3 is 15.7 Å². The van der Waals surface area contributed by atoms with Crippen molar-refractivity contribution in [3.8, 4) is 0 Å². The topological polar surface area (TPSA) is 78.0 Å². The number of rotatable bonds is 6. The number of hydrogen-bond donors (Lipinski definition) is 5. The molecule has 8 atom stereocenters. The summed E-state index contributed by atoms with van der Waals surface area (Å²) in [5.41, 5.74) is 9.77. The first-order valence-electron chi connectivity index (χ1n) is 12.9. The molecule has 8 unspecified atom stereocenters. The van der Waals surface area contributed by atoms with Gasteiger partial charge in [-0.1, -0.05) is 32.4 Å². The molecule has 3 fully saturated rings. The second-order valence-electron chi connectivity index (χ2n) is 11.8. The Balaban J connectivity index is 1.41. The van der Waals surface area contributed by atoms with E-state index in [1.54, 1.807) is 4.90 Å². The molecule has 0 bridgehead atoms. The lowest BCUT2D eigenvalue weighted by atomic mass is 9.47. The van der Waals surface area contributed by atoms with Gasteiger partial charge in [0.15, 0.2) is 0 Å². The summed E-state index contributed by atoms with van der Waals surface area (Å²) in [4.78, 5) is 3.96. The minimum Gasteiger partial charge on any atom is -0.392 e. The number of hydrogen-bond acceptors (Lipinski definition) is 5. The van der Waals surface area contributed by atoms with Crippen molar-refractivity contribution in [2.45, 2.75) is 84.6 Å². The van der Waals surface area contributed by atoms with Crippen LogP contribution >= 0.6 is 0 Å². The van der Waals surface area contributed by atoms with Gasteiger partial charge in [0.25, 0.3) is 0 Å². The molecule has 2 aliphatic heterocycles. The summed E-state index contributed by atoms with van der Waals surface area (Å²) in [7, 11) is 2.20. The zero-order valence-corrected chi connectivity index (χ0v) is 21.1. The molecule has 2 aliphatic carbocycles. The second-order valence-corrected chi connectivity index (χ2v) is 11.8. The van der Waals surface area contributed by atoms with Gasteiger partial charge in [0, 0.05) is 6.67 Å². The van der Waals surface area contributed by atoms with Crippen LogP contribution in [0, 0.1) is 22.7 Å². The van der Waals surface area contributed by atoms with Gasteiger partial charge in [-0.25, -0.2) is 4.90 Å². The molecule has 182 valence electrons. The smallest absolute Gasteiger partial charge is 0.147 e. The highest BCUT2D eigenvalue weighted by Crippen LogP contribution is 2.61. The molecular weight excluding hydrogens is 398 g/mol. The highest BCUT2D eigenvalue weighted by molar-refractivity contribution is 5.23. The normalized spacial score (nSPS) is 45.3. The molecule has 6 nitrogen and oxygen atoms in total. The van der Waals surface area contributed by atoms with E-state index < -0.39 is 0 Å². The van der Waals surface area contributed by atoms with Gasteiger partial charge in [0.2, 0.25) is 0 Å². The SMILES string of the molecule is CC(=CC[NH+]1CN(C)C2NCNC(N)C21)CCC1(C)C(C)CCC2(C)C(CO)=CCCC21. The maximum absolute atomic E-state index is 10.0. The monoisotopic (exact) mass is 446 g/mol. The molecule has 0 spiro atoms. The Hall–Kier alpha value is -0.760. The van der Waals surface area contributed by atoms with Gasteiger partial charge in [-0.2, -0.15) is 0 Å². The number of aliphatic hydroxyl groups is 1. The van der Waals surface area contributed by atoms with Crippen molar-refractivity contribution in [3.05, 3.63) is 23.3 Å².